The van der Waals surface area contributed by atoms with Crippen LogP contribution in [0.3, 0.4) is 0 Å². The molecule has 0 aliphatic carbocycles. The van der Waals surface area contributed by atoms with Crippen LogP contribution in [0, 0.1) is 5.82 Å². The maximum Gasteiger partial charge on any atom is 0.354 e. The molecule has 0 heterocycles. The molecular formula is C12H16FO3P. The topological polar surface area (TPSA) is 35.5 Å². The molecule has 1 aromatic rings. The zero-order valence-corrected chi connectivity index (χ0v) is 10.8. The van der Waals surface area contributed by atoms with Gasteiger partial charge in [0.1, 0.15) is 5.82 Å². The van der Waals surface area contributed by atoms with E-state index in [0.29, 0.717) is 18.8 Å². The van der Waals surface area contributed by atoms with Crippen LogP contribution in [0.5, 0.6) is 0 Å². The minimum atomic E-state index is -3.20. The van der Waals surface area contributed by atoms with Gasteiger partial charge in [-0.1, -0.05) is 12.1 Å². The molecule has 0 aliphatic rings. The van der Waals surface area contributed by atoms with Gasteiger partial charge >= 0.3 is 7.60 Å². The van der Waals surface area contributed by atoms with Crippen LogP contribution in [0.15, 0.2) is 30.1 Å². The van der Waals surface area contributed by atoms with Crippen molar-refractivity contribution in [2.24, 2.45) is 0 Å². The third-order valence-electron chi connectivity index (χ3n) is 1.92. The number of benzene rings is 1. The highest BCUT2D eigenvalue weighted by Gasteiger charge is 2.18. The fourth-order valence-corrected chi connectivity index (χ4v) is 2.59. The Bertz CT molecular complexity index is 422. The molecule has 5 heteroatoms. The van der Waals surface area contributed by atoms with E-state index < -0.39 is 7.60 Å². The van der Waals surface area contributed by atoms with Gasteiger partial charge in [0.25, 0.3) is 0 Å². The number of halogens is 1. The van der Waals surface area contributed by atoms with Crippen molar-refractivity contribution in [3.05, 3.63) is 41.5 Å². The van der Waals surface area contributed by atoms with Crippen molar-refractivity contribution in [2.75, 3.05) is 13.2 Å². The van der Waals surface area contributed by atoms with Gasteiger partial charge in [-0.3, -0.25) is 4.57 Å². The predicted octanol–water partition coefficient (Wildman–Crippen LogP) is 4.06. The molecule has 0 saturated carbocycles. The SMILES string of the molecule is CCOP(=O)(/C=C/c1cccc(F)c1)OCC. The average Bonchev–Trinajstić information content (AvgIpc) is 2.27. The predicted molar refractivity (Wildman–Crippen MR) is 66.3 cm³/mol. The summed E-state index contributed by atoms with van der Waals surface area (Å²) < 4.78 is 35.1. The Morgan fingerprint density at radius 2 is 1.94 bits per heavy atom. The second-order valence-electron chi connectivity index (χ2n) is 3.25. The van der Waals surface area contributed by atoms with Crippen LogP contribution in [0.4, 0.5) is 4.39 Å². The molecule has 0 unspecified atom stereocenters. The zero-order chi connectivity index (χ0) is 12.7. The monoisotopic (exact) mass is 258 g/mol. The molecule has 0 N–H and O–H groups in total. The van der Waals surface area contributed by atoms with E-state index in [2.05, 4.69) is 0 Å². The van der Waals surface area contributed by atoms with Crippen molar-refractivity contribution in [1.29, 1.82) is 0 Å². The van der Waals surface area contributed by atoms with Gasteiger partial charge in [0.15, 0.2) is 0 Å². The first-order chi connectivity index (χ1) is 8.09. The van der Waals surface area contributed by atoms with Crippen molar-refractivity contribution in [3.8, 4) is 0 Å². The normalized spacial score (nSPS) is 12.2. The summed E-state index contributed by atoms with van der Waals surface area (Å²) in [5.74, 6) is 1.02. The van der Waals surface area contributed by atoms with Crippen LogP contribution in [-0.2, 0) is 13.6 Å². The highest BCUT2D eigenvalue weighted by Crippen LogP contribution is 2.50. The van der Waals surface area contributed by atoms with E-state index in [1.54, 1.807) is 26.0 Å². The first kappa shape index (κ1) is 14.1. The van der Waals surface area contributed by atoms with E-state index >= 15 is 0 Å². The number of hydrogen-bond donors (Lipinski definition) is 0. The second kappa shape index (κ2) is 6.70. The molecule has 0 amide bonds. The summed E-state index contributed by atoms with van der Waals surface area (Å²) in [5, 5.41) is 0. The molecular weight excluding hydrogens is 242 g/mol. The van der Waals surface area contributed by atoms with Gasteiger partial charge in [-0.05, 0) is 37.6 Å². The summed E-state index contributed by atoms with van der Waals surface area (Å²) in [5.41, 5.74) is 0.615. The maximum atomic E-state index is 12.9. The van der Waals surface area contributed by atoms with Crippen molar-refractivity contribution < 1.29 is 18.0 Å². The van der Waals surface area contributed by atoms with Gasteiger partial charge in [-0.2, -0.15) is 0 Å². The molecule has 17 heavy (non-hydrogen) atoms. The Kier molecular flexibility index (Phi) is 5.56. The van der Waals surface area contributed by atoms with E-state index in [0.717, 1.165) is 0 Å². The molecule has 0 bridgehead atoms. The fraction of sp³-hybridized carbons (Fsp3) is 0.333. The van der Waals surface area contributed by atoms with Crippen LogP contribution < -0.4 is 0 Å². The van der Waals surface area contributed by atoms with E-state index in [1.165, 1.54) is 24.0 Å². The third-order valence-corrected chi connectivity index (χ3v) is 3.67. The summed E-state index contributed by atoms with van der Waals surface area (Å²) in [6, 6.07) is 5.99. The average molecular weight is 258 g/mol. The highest BCUT2D eigenvalue weighted by atomic mass is 31.2. The summed E-state index contributed by atoms with van der Waals surface area (Å²) in [7, 11) is -3.20. The van der Waals surface area contributed by atoms with Crippen LogP contribution in [-0.4, -0.2) is 13.2 Å². The lowest BCUT2D eigenvalue weighted by Gasteiger charge is -2.12. The van der Waals surface area contributed by atoms with Crippen LogP contribution in [0.1, 0.15) is 19.4 Å². The lowest BCUT2D eigenvalue weighted by atomic mass is 10.2. The third kappa shape index (κ3) is 4.82. The van der Waals surface area contributed by atoms with Crippen molar-refractivity contribution in [1.82, 2.24) is 0 Å². The number of rotatable bonds is 6. The van der Waals surface area contributed by atoms with Crippen molar-refractivity contribution >= 4 is 13.7 Å². The van der Waals surface area contributed by atoms with E-state index in [1.807, 2.05) is 0 Å². The molecule has 0 aromatic heterocycles. The molecule has 0 atom stereocenters. The van der Waals surface area contributed by atoms with Gasteiger partial charge in [-0.25, -0.2) is 4.39 Å². The van der Waals surface area contributed by atoms with Crippen LogP contribution in [0.2, 0.25) is 0 Å². The van der Waals surface area contributed by atoms with Crippen LogP contribution >= 0.6 is 7.60 Å². The van der Waals surface area contributed by atoms with E-state index in [-0.39, 0.29) is 5.82 Å². The maximum absolute atomic E-state index is 12.9. The smallest absolute Gasteiger partial charge is 0.306 e. The second-order valence-corrected chi connectivity index (χ2v) is 5.14. The lowest BCUT2D eigenvalue weighted by molar-refractivity contribution is 0.229. The van der Waals surface area contributed by atoms with Gasteiger partial charge in [0.05, 0.1) is 13.2 Å². The van der Waals surface area contributed by atoms with Crippen molar-refractivity contribution in [3.63, 3.8) is 0 Å². The first-order valence-corrected chi connectivity index (χ1v) is 7.04. The Labute approximate surface area is 101 Å². The largest absolute Gasteiger partial charge is 0.354 e. The minimum absolute atomic E-state index is 0.296. The molecule has 0 aliphatic heterocycles. The van der Waals surface area contributed by atoms with Gasteiger partial charge in [-0.15, -0.1) is 0 Å². The first-order valence-electron chi connectivity index (χ1n) is 5.43. The highest BCUT2D eigenvalue weighted by molar-refractivity contribution is 7.57. The molecule has 1 rings (SSSR count). The summed E-state index contributed by atoms with van der Waals surface area (Å²) in [6.07, 6.45) is 1.54. The Morgan fingerprint density at radius 3 is 2.47 bits per heavy atom. The van der Waals surface area contributed by atoms with E-state index in [9.17, 15) is 8.96 Å². The lowest BCUT2D eigenvalue weighted by Crippen LogP contribution is -1.92. The molecule has 94 valence electrons. The fourth-order valence-electron chi connectivity index (χ4n) is 1.27. The summed E-state index contributed by atoms with van der Waals surface area (Å²) in [4.78, 5) is 0. The Morgan fingerprint density at radius 1 is 1.29 bits per heavy atom. The quantitative estimate of drug-likeness (QED) is 0.722. The molecule has 0 radical (unpaired) electrons. The van der Waals surface area contributed by atoms with Gasteiger partial charge < -0.3 is 9.05 Å². The number of hydrogen-bond acceptors (Lipinski definition) is 3. The summed E-state index contributed by atoms with van der Waals surface area (Å²) in [6.45, 7) is 4.07. The zero-order valence-electron chi connectivity index (χ0n) is 9.93. The molecule has 3 nitrogen and oxygen atoms in total. The molecule has 0 fully saturated rings. The molecule has 0 saturated heterocycles. The summed E-state index contributed by atoms with van der Waals surface area (Å²) >= 11 is 0. The van der Waals surface area contributed by atoms with Gasteiger partial charge in [0, 0.05) is 5.82 Å². The van der Waals surface area contributed by atoms with Gasteiger partial charge in [0.2, 0.25) is 0 Å². The minimum Gasteiger partial charge on any atom is -0.306 e. The Hall–Kier alpha value is -0.960. The Balaban J connectivity index is 2.83. The molecule has 1 aromatic carbocycles. The molecule has 0 spiro atoms. The standard InChI is InChI=1S/C12H16FO3P/c1-3-15-17(14,16-4-2)9-8-11-6-5-7-12(13)10-11/h5-10H,3-4H2,1-2H3/b9-8+. The van der Waals surface area contributed by atoms with Crippen LogP contribution in [0.25, 0.3) is 6.08 Å². The van der Waals surface area contributed by atoms with E-state index in [4.69, 9.17) is 9.05 Å². The van der Waals surface area contributed by atoms with Crippen molar-refractivity contribution in [2.45, 2.75) is 13.8 Å².